The summed E-state index contributed by atoms with van der Waals surface area (Å²) in [5.41, 5.74) is -0.0351. The van der Waals surface area contributed by atoms with E-state index in [1.807, 2.05) is 4.90 Å². The van der Waals surface area contributed by atoms with Crippen molar-refractivity contribution in [1.82, 2.24) is 4.98 Å². The molecule has 2 rings (SSSR count). The lowest BCUT2D eigenvalue weighted by atomic mass is 10.1. The Balaban J connectivity index is 2.14. The van der Waals surface area contributed by atoms with Crippen LogP contribution < -0.4 is 4.90 Å². The lowest BCUT2D eigenvalue weighted by Crippen LogP contribution is -2.35. The van der Waals surface area contributed by atoms with E-state index in [-0.39, 0.29) is 11.5 Å². The molecule has 0 N–H and O–H groups in total. The molecule has 0 radical (unpaired) electrons. The van der Waals surface area contributed by atoms with Gasteiger partial charge in [-0.05, 0) is 12.5 Å². The zero-order valence-electron chi connectivity index (χ0n) is 8.63. The van der Waals surface area contributed by atoms with Crippen molar-refractivity contribution in [2.45, 2.75) is 12.8 Å². The molecule has 0 aromatic carbocycles. The summed E-state index contributed by atoms with van der Waals surface area (Å²) < 4.78 is 0. The van der Waals surface area contributed by atoms with E-state index < -0.39 is 4.92 Å². The van der Waals surface area contributed by atoms with E-state index in [2.05, 4.69) is 4.98 Å². The van der Waals surface area contributed by atoms with Crippen molar-refractivity contribution in [1.29, 1.82) is 0 Å². The fourth-order valence-electron chi connectivity index (χ4n) is 1.71. The summed E-state index contributed by atoms with van der Waals surface area (Å²) in [4.78, 5) is 27.0. The number of hydrogen-bond donors (Lipinski definition) is 0. The average molecular weight is 221 g/mol. The molecule has 1 aromatic heterocycles. The summed E-state index contributed by atoms with van der Waals surface area (Å²) in [7, 11) is 0. The molecule has 1 saturated heterocycles. The maximum Gasteiger partial charge on any atom is 0.287 e. The van der Waals surface area contributed by atoms with E-state index in [1.54, 1.807) is 6.07 Å². The number of rotatable bonds is 2. The average Bonchev–Trinajstić information content (AvgIpc) is 2.29. The number of carbonyl (C=O) groups excluding carboxylic acids is 1. The zero-order valence-corrected chi connectivity index (χ0v) is 8.63. The maximum atomic E-state index is 11.2. The van der Waals surface area contributed by atoms with Gasteiger partial charge < -0.3 is 4.90 Å². The molecular weight excluding hydrogens is 210 g/mol. The highest BCUT2D eigenvalue weighted by molar-refractivity contribution is 5.84. The van der Waals surface area contributed by atoms with Crippen LogP contribution >= 0.6 is 0 Å². The van der Waals surface area contributed by atoms with Gasteiger partial charge in [0.2, 0.25) is 0 Å². The van der Waals surface area contributed by atoms with Crippen LogP contribution in [0.5, 0.6) is 0 Å². The minimum Gasteiger partial charge on any atom is -0.349 e. The number of nitrogens with zero attached hydrogens (tertiary/aromatic N) is 3. The van der Waals surface area contributed by atoms with E-state index in [1.165, 1.54) is 12.3 Å². The molecule has 2 heterocycles. The molecule has 0 bridgehead atoms. The number of Topliss-reactive ketones (excluding diaryl/α,β-unsaturated/α-hetero) is 1. The van der Waals surface area contributed by atoms with Gasteiger partial charge in [-0.3, -0.25) is 14.9 Å². The fraction of sp³-hybridized carbons (Fsp3) is 0.400. The van der Waals surface area contributed by atoms with Crippen molar-refractivity contribution in [2.24, 2.45) is 0 Å². The van der Waals surface area contributed by atoms with Gasteiger partial charge in [-0.1, -0.05) is 0 Å². The monoisotopic (exact) mass is 221 g/mol. The zero-order chi connectivity index (χ0) is 11.5. The molecule has 0 saturated carbocycles. The van der Waals surface area contributed by atoms with Crippen LogP contribution in [0.15, 0.2) is 18.3 Å². The molecule has 0 amide bonds. The first-order chi connectivity index (χ1) is 7.66. The number of nitro groups is 1. The molecule has 6 heteroatoms. The Kier molecular flexibility index (Phi) is 2.80. The summed E-state index contributed by atoms with van der Waals surface area (Å²) >= 11 is 0. The third-order valence-corrected chi connectivity index (χ3v) is 2.52. The van der Waals surface area contributed by atoms with Gasteiger partial charge in [0.1, 0.15) is 12.0 Å². The van der Waals surface area contributed by atoms with Gasteiger partial charge >= 0.3 is 0 Å². The van der Waals surface area contributed by atoms with Crippen LogP contribution in [0.3, 0.4) is 0 Å². The molecule has 1 fully saturated rings. The number of aromatic nitrogens is 1. The van der Waals surface area contributed by atoms with Gasteiger partial charge in [-0.2, -0.15) is 0 Å². The molecule has 1 aromatic rings. The Bertz CT molecular complexity index is 416. The Morgan fingerprint density at radius 2 is 2.25 bits per heavy atom. The fourth-order valence-corrected chi connectivity index (χ4v) is 1.71. The molecule has 6 nitrogen and oxygen atoms in total. The van der Waals surface area contributed by atoms with Gasteiger partial charge in [0.05, 0.1) is 11.5 Å². The van der Waals surface area contributed by atoms with Crippen molar-refractivity contribution in [2.75, 3.05) is 18.0 Å². The predicted octanol–water partition coefficient (Wildman–Crippen LogP) is 1.16. The molecule has 84 valence electrons. The molecule has 0 unspecified atom stereocenters. The van der Waals surface area contributed by atoms with Gasteiger partial charge in [0.15, 0.2) is 5.78 Å². The minimum absolute atomic E-state index is 0.0351. The second-order valence-electron chi connectivity index (χ2n) is 3.70. The third kappa shape index (κ3) is 2.16. The third-order valence-electron chi connectivity index (χ3n) is 2.52. The standard InChI is InChI=1S/C10H11N3O3/c14-9-2-1-5-12(7-9)10-4-3-8(6-11-10)13(15)16/h3-4,6H,1-2,5,7H2. The smallest absolute Gasteiger partial charge is 0.287 e. The quantitative estimate of drug-likeness (QED) is 0.553. The first-order valence-electron chi connectivity index (χ1n) is 5.04. The van der Waals surface area contributed by atoms with Crippen molar-refractivity contribution in [3.05, 3.63) is 28.4 Å². The maximum absolute atomic E-state index is 11.2. The lowest BCUT2D eigenvalue weighted by Gasteiger charge is -2.26. The normalized spacial score (nSPS) is 16.2. The molecule has 1 aliphatic rings. The van der Waals surface area contributed by atoms with Gasteiger partial charge in [-0.15, -0.1) is 0 Å². The molecule has 0 spiro atoms. The van der Waals surface area contributed by atoms with Crippen molar-refractivity contribution >= 4 is 17.3 Å². The molecule has 0 atom stereocenters. The van der Waals surface area contributed by atoms with Crippen LogP contribution in [0, 0.1) is 10.1 Å². The number of pyridine rings is 1. The molecule has 16 heavy (non-hydrogen) atoms. The minimum atomic E-state index is -0.488. The number of piperidine rings is 1. The van der Waals surface area contributed by atoms with Crippen LogP contribution in [0.2, 0.25) is 0 Å². The highest BCUT2D eigenvalue weighted by atomic mass is 16.6. The van der Waals surface area contributed by atoms with E-state index in [4.69, 9.17) is 0 Å². The second-order valence-corrected chi connectivity index (χ2v) is 3.70. The van der Waals surface area contributed by atoms with Crippen molar-refractivity contribution in [3.63, 3.8) is 0 Å². The van der Waals surface area contributed by atoms with Gasteiger partial charge in [-0.25, -0.2) is 4.98 Å². The SMILES string of the molecule is O=C1CCCN(c2ccc([N+](=O)[O-])cn2)C1. The molecular formula is C10H11N3O3. The van der Waals surface area contributed by atoms with Crippen LogP contribution in [-0.4, -0.2) is 28.8 Å². The highest BCUT2D eigenvalue weighted by Gasteiger charge is 2.18. The predicted molar refractivity (Wildman–Crippen MR) is 57.3 cm³/mol. The Hall–Kier alpha value is -1.98. The topological polar surface area (TPSA) is 76.3 Å². The number of carbonyl (C=O) groups is 1. The second kappa shape index (κ2) is 4.26. The van der Waals surface area contributed by atoms with Crippen molar-refractivity contribution < 1.29 is 9.72 Å². The lowest BCUT2D eigenvalue weighted by molar-refractivity contribution is -0.385. The summed E-state index contributed by atoms with van der Waals surface area (Å²) in [6.45, 7) is 1.13. The molecule has 1 aliphatic heterocycles. The summed E-state index contributed by atoms with van der Waals surface area (Å²) in [5.74, 6) is 0.810. The summed E-state index contributed by atoms with van der Waals surface area (Å²) in [6.07, 6.45) is 2.65. The summed E-state index contributed by atoms with van der Waals surface area (Å²) in [6, 6.07) is 2.98. The first-order valence-corrected chi connectivity index (χ1v) is 5.04. The first kappa shape index (κ1) is 10.5. The van der Waals surface area contributed by atoms with E-state index in [9.17, 15) is 14.9 Å². The Morgan fingerprint density at radius 1 is 1.44 bits per heavy atom. The van der Waals surface area contributed by atoms with Crippen molar-refractivity contribution in [3.8, 4) is 0 Å². The van der Waals surface area contributed by atoms with E-state index in [0.29, 0.717) is 18.8 Å². The summed E-state index contributed by atoms with van der Waals surface area (Å²) in [5, 5.41) is 10.4. The van der Waals surface area contributed by atoms with Crippen LogP contribution in [0.4, 0.5) is 11.5 Å². The number of anilines is 1. The molecule has 0 aliphatic carbocycles. The van der Waals surface area contributed by atoms with Gasteiger partial charge in [0.25, 0.3) is 5.69 Å². The Morgan fingerprint density at radius 3 is 2.81 bits per heavy atom. The van der Waals surface area contributed by atoms with E-state index in [0.717, 1.165) is 13.0 Å². The van der Waals surface area contributed by atoms with Crippen LogP contribution in [0.1, 0.15) is 12.8 Å². The number of ketones is 1. The van der Waals surface area contributed by atoms with Crippen LogP contribution in [0.25, 0.3) is 0 Å². The number of hydrogen-bond acceptors (Lipinski definition) is 5. The van der Waals surface area contributed by atoms with Crippen LogP contribution in [-0.2, 0) is 4.79 Å². The Labute approximate surface area is 92.0 Å². The van der Waals surface area contributed by atoms with Gasteiger partial charge in [0, 0.05) is 19.0 Å². The highest BCUT2D eigenvalue weighted by Crippen LogP contribution is 2.18. The largest absolute Gasteiger partial charge is 0.349 e. The van der Waals surface area contributed by atoms with E-state index >= 15 is 0 Å².